The number of hydrogen-bond donors (Lipinski definition) is 1. The SMILES string of the molecule is CCS(=O)(=O)CC(C)N(C)C(=O)CC1(C(=O)O)CCC1. The number of hydrogen-bond acceptors (Lipinski definition) is 4. The zero-order valence-corrected chi connectivity index (χ0v) is 13.1. The van der Waals surface area contributed by atoms with E-state index in [2.05, 4.69) is 0 Å². The summed E-state index contributed by atoms with van der Waals surface area (Å²) in [4.78, 5) is 24.7. The van der Waals surface area contributed by atoms with E-state index in [4.69, 9.17) is 0 Å². The molecule has 0 aliphatic heterocycles. The van der Waals surface area contributed by atoms with Crippen LogP contribution in [-0.2, 0) is 19.4 Å². The van der Waals surface area contributed by atoms with Gasteiger partial charge in [-0.1, -0.05) is 13.3 Å². The minimum absolute atomic E-state index is 0.0401. The number of carbonyl (C=O) groups excluding carboxylic acids is 1. The third-order valence-electron chi connectivity index (χ3n) is 4.24. The largest absolute Gasteiger partial charge is 0.481 e. The molecule has 0 aromatic heterocycles. The summed E-state index contributed by atoms with van der Waals surface area (Å²) in [6, 6.07) is -0.446. The van der Waals surface area contributed by atoms with Crippen LogP contribution in [0.2, 0.25) is 0 Å². The molecule has 1 rings (SSSR count). The molecule has 1 N–H and O–H groups in total. The van der Waals surface area contributed by atoms with Gasteiger partial charge in [-0.2, -0.15) is 0 Å². The highest BCUT2D eigenvalue weighted by atomic mass is 32.2. The third kappa shape index (κ3) is 3.71. The van der Waals surface area contributed by atoms with Crippen molar-refractivity contribution in [2.24, 2.45) is 5.41 Å². The Labute approximate surface area is 120 Å². The van der Waals surface area contributed by atoms with E-state index in [1.54, 1.807) is 13.8 Å². The monoisotopic (exact) mass is 305 g/mol. The van der Waals surface area contributed by atoms with Crippen molar-refractivity contribution in [3.63, 3.8) is 0 Å². The van der Waals surface area contributed by atoms with E-state index in [0.29, 0.717) is 12.8 Å². The number of aliphatic carboxylic acids is 1. The first-order valence-corrected chi connectivity index (χ1v) is 8.65. The van der Waals surface area contributed by atoms with Gasteiger partial charge >= 0.3 is 5.97 Å². The molecule has 7 heteroatoms. The highest BCUT2D eigenvalue weighted by Crippen LogP contribution is 2.44. The van der Waals surface area contributed by atoms with Crippen molar-refractivity contribution in [1.82, 2.24) is 4.90 Å². The first kappa shape index (κ1) is 16.9. The van der Waals surface area contributed by atoms with Gasteiger partial charge in [0.1, 0.15) is 0 Å². The van der Waals surface area contributed by atoms with Gasteiger partial charge in [-0.25, -0.2) is 8.42 Å². The lowest BCUT2D eigenvalue weighted by Crippen LogP contribution is -2.46. The Bertz CT molecular complexity index is 481. The Morgan fingerprint density at radius 2 is 1.90 bits per heavy atom. The van der Waals surface area contributed by atoms with Crippen LogP contribution in [0.1, 0.15) is 39.5 Å². The first-order valence-electron chi connectivity index (χ1n) is 6.83. The lowest BCUT2D eigenvalue weighted by molar-refractivity contribution is -0.159. The Morgan fingerprint density at radius 1 is 1.35 bits per heavy atom. The second kappa shape index (κ2) is 6.11. The van der Waals surface area contributed by atoms with Gasteiger partial charge in [-0.15, -0.1) is 0 Å². The van der Waals surface area contributed by atoms with Crippen LogP contribution in [0, 0.1) is 5.41 Å². The van der Waals surface area contributed by atoms with E-state index in [-0.39, 0.29) is 23.8 Å². The molecule has 0 aromatic rings. The Hall–Kier alpha value is -1.11. The van der Waals surface area contributed by atoms with Gasteiger partial charge in [0.15, 0.2) is 9.84 Å². The van der Waals surface area contributed by atoms with Crippen molar-refractivity contribution >= 4 is 21.7 Å². The molecule has 1 fully saturated rings. The molecule has 0 aromatic carbocycles. The minimum Gasteiger partial charge on any atom is -0.481 e. The van der Waals surface area contributed by atoms with E-state index in [9.17, 15) is 23.1 Å². The smallest absolute Gasteiger partial charge is 0.310 e. The molecule has 116 valence electrons. The summed E-state index contributed by atoms with van der Waals surface area (Å²) in [5, 5.41) is 9.21. The van der Waals surface area contributed by atoms with Gasteiger partial charge in [-0.05, 0) is 19.8 Å². The van der Waals surface area contributed by atoms with Gasteiger partial charge in [0.05, 0.1) is 11.2 Å². The van der Waals surface area contributed by atoms with Crippen LogP contribution < -0.4 is 0 Å². The number of carbonyl (C=O) groups is 2. The normalized spacial score (nSPS) is 18.9. The second-order valence-electron chi connectivity index (χ2n) is 5.67. The van der Waals surface area contributed by atoms with Crippen LogP contribution in [-0.4, -0.2) is 54.9 Å². The van der Waals surface area contributed by atoms with Crippen molar-refractivity contribution in [1.29, 1.82) is 0 Å². The molecule has 20 heavy (non-hydrogen) atoms. The van der Waals surface area contributed by atoms with Crippen LogP contribution >= 0.6 is 0 Å². The average Bonchev–Trinajstić information content (AvgIpc) is 2.31. The molecule has 1 aliphatic rings. The second-order valence-corrected chi connectivity index (χ2v) is 8.07. The topological polar surface area (TPSA) is 91.8 Å². The average molecular weight is 305 g/mol. The maximum Gasteiger partial charge on any atom is 0.310 e. The molecule has 1 atom stereocenters. The molecule has 1 unspecified atom stereocenters. The summed E-state index contributed by atoms with van der Waals surface area (Å²) in [5.74, 6) is -1.28. The molecular weight excluding hydrogens is 282 g/mol. The predicted octanol–water partition coefficient (Wildman–Crippen LogP) is 0.913. The van der Waals surface area contributed by atoms with Crippen LogP contribution in [0.4, 0.5) is 0 Å². The fourth-order valence-electron chi connectivity index (χ4n) is 2.33. The summed E-state index contributed by atoms with van der Waals surface area (Å²) >= 11 is 0. The van der Waals surface area contributed by atoms with Crippen molar-refractivity contribution in [2.75, 3.05) is 18.6 Å². The predicted molar refractivity (Wildman–Crippen MR) is 75.1 cm³/mol. The number of sulfone groups is 1. The maximum atomic E-state index is 12.1. The molecule has 0 bridgehead atoms. The zero-order valence-electron chi connectivity index (χ0n) is 12.3. The molecule has 0 spiro atoms. The quantitative estimate of drug-likeness (QED) is 0.755. The third-order valence-corrected chi connectivity index (χ3v) is 6.11. The number of nitrogens with zero attached hydrogens (tertiary/aromatic N) is 1. The first-order chi connectivity index (χ1) is 9.13. The lowest BCUT2D eigenvalue weighted by atomic mass is 9.66. The number of rotatable bonds is 7. The Morgan fingerprint density at radius 3 is 2.25 bits per heavy atom. The molecule has 1 amide bonds. The molecule has 6 nitrogen and oxygen atoms in total. The molecule has 0 radical (unpaired) electrons. The lowest BCUT2D eigenvalue weighted by Gasteiger charge is -2.38. The summed E-state index contributed by atoms with van der Waals surface area (Å²) < 4.78 is 23.1. The van der Waals surface area contributed by atoms with Gasteiger partial charge < -0.3 is 10.0 Å². The van der Waals surface area contributed by atoms with E-state index in [1.165, 1.54) is 11.9 Å². The van der Waals surface area contributed by atoms with Crippen molar-refractivity contribution in [3.8, 4) is 0 Å². The zero-order chi connectivity index (χ0) is 15.6. The van der Waals surface area contributed by atoms with Crippen molar-refractivity contribution in [3.05, 3.63) is 0 Å². The van der Waals surface area contributed by atoms with Crippen LogP contribution in [0.15, 0.2) is 0 Å². The molecule has 1 saturated carbocycles. The molecule has 1 aliphatic carbocycles. The van der Waals surface area contributed by atoms with Crippen LogP contribution in [0.3, 0.4) is 0 Å². The molecular formula is C13H23NO5S. The van der Waals surface area contributed by atoms with E-state index >= 15 is 0 Å². The van der Waals surface area contributed by atoms with Crippen LogP contribution in [0.5, 0.6) is 0 Å². The minimum atomic E-state index is -3.16. The molecule has 0 heterocycles. The fraction of sp³-hybridized carbons (Fsp3) is 0.846. The number of amides is 1. The summed E-state index contributed by atoms with van der Waals surface area (Å²) in [7, 11) is -1.62. The summed E-state index contributed by atoms with van der Waals surface area (Å²) in [5.41, 5.74) is -0.936. The summed E-state index contributed by atoms with van der Waals surface area (Å²) in [6.07, 6.45) is 1.81. The van der Waals surface area contributed by atoms with E-state index in [1.807, 2.05) is 0 Å². The maximum absolute atomic E-state index is 12.1. The standard InChI is InChI=1S/C13H23NO5S/c1-4-20(18,19)9-10(2)14(3)11(15)8-13(12(16)17)6-5-7-13/h10H,4-9H2,1-3H3,(H,16,17). The highest BCUT2D eigenvalue weighted by molar-refractivity contribution is 7.91. The fourth-order valence-corrected chi connectivity index (χ4v) is 3.52. The van der Waals surface area contributed by atoms with Gasteiger partial charge in [0.2, 0.25) is 5.91 Å². The molecule has 0 saturated heterocycles. The van der Waals surface area contributed by atoms with Crippen molar-refractivity contribution < 1.29 is 23.1 Å². The van der Waals surface area contributed by atoms with E-state index in [0.717, 1.165) is 6.42 Å². The van der Waals surface area contributed by atoms with Gasteiger partial charge in [-0.3, -0.25) is 9.59 Å². The number of carboxylic acid groups (broad SMARTS) is 1. The van der Waals surface area contributed by atoms with E-state index < -0.39 is 27.3 Å². The van der Waals surface area contributed by atoms with Crippen molar-refractivity contribution in [2.45, 2.75) is 45.6 Å². The van der Waals surface area contributed by atoms with Gasteiger partial charge in [0, 0.05) is 25.3 Å². The highest BCUT2D eigenvalue weighted by Gasteiger charge is 2.46. The van der Waals surface area contributed by atoms with Gasteiger partial charge in [0.25, 0.3) is 0 Å². The number of carboxylic acids is 1. The summed E-state index contributed by atoms with van der Waals surface area (Å²) in [6.45, 7) is 3.23. The van der Waals surface area contributed by atoms with Crippen LogP contribution in [0.25, 0.3) is 0 Å². The Balaban J connectivity index is 2.65. The Kier molecular flexibility index (Phi) is 5.18.